The van der Waals surface area contributed by atoms with Crippen molar-refractivity contribution in [2.24, 2.45) is 0 Å². The molecule has 4 aromatic heterocycles. The van der Waals surface area contributed by atoms with E-state index in [1.54, 1.807) is 0 Å². The zero-order valence-electron chi connectivity index (χ0n) is 36.2. The smallest absolute Gasteiger partial charge is 0.140 e. The Bertz CT molecular complexity index is 4160. The van der Waals surface area contributed by atoms with Gasteiger partial charge in [-0.05, 0) is 131 Å². The van der Waals surface area contributed by atoms with Gasteiger partial charge in [-0.15, -0.1) is 0 Å². The summed E-state index contributed by atoms with van der Waals surface area (Å²) < 4.78 is 11.9. The number of ether oxygens (including phenoxy) is 1. The first-order valence-corrected chi connectivity index (χ1v) is 22.6. The number of nitriles is 2. The first-order valence-electron chi connectivity index (χ1n) is 22.6. The summed E-state index contributed by atoms with van der Waals surface area (Å²) in [6.07, 6.45) is 3.70. The SMILES string of the molecule is N#Cc1ccc2c(c1)c1cc(-c3ccc4c(c3)Oc3c(-c5ccc6c(c5)c5cc(C#N)ccc5n6-c5ccccc5)cccc3C43c4cccnc4-c4ncccc43)ccc1n2-c1ccccc1. The Labute approximate surface area is 390 Å². The molecule has 1 spiro atoms. The molecule has 14 rings (SSSR count). The normalized spacial score (nSPS) is 12.9. The van der Waals surface area contributed by atoms with Crippen LogP contribution in [0.3, 0.4) is 0 Å². The van der Waals surface area contributed by atoms with Crippen molar-refractivity contribution in [2.45, 2.75) is 5.41 Å². The molecule has 12 aromatic rings. The summed E-state index contributed by atoms with van der Waals surface area (Å²) in [5, 5.41) is 24.1. The van der Waals surface area contributed by atoms with Crippen molar-refractivity contribution in [1.82, 2.24) is 19.1 Å². The molecule has 0 fully saturated rings. The maximum Gasteiger partial charge on any atom is 0.140 e. The highest BCUT2D eigenvalue weighted by molar-refractivity contribution is 6.12. The second-order valence-corrected chi connectivity index (χ2v) is 17.5. The minimum absolute atomic E-state index is 0.610. The molecule has 0 N–H and O–H groups in total. The van der Waals surface area contributed by atoms with Crippen LogP contribution in [0.5, 0.6) is 11.5 Å². The van der Waals surface area contributed by atoms with E-state index in [-0.39, 0.29) is 0 Å². The molecule has 314 valence electrons. The molecule has 2 aliphatic rings. The molecule has 7 heteroatoms. The number of para-hydroxylation sites is 3. The van der Waals surface area contributed by atoms with Crippen molar-refractivity contribution < 1.29 is 4.74 Å². The fourth-order valence-corrected chi connectivity index (χ4v) is 11.3. The third-order valence-corrected chi connectivity index (χ3v) is 14.1. The predicted molar refractivity (Wildman–Crippen MR) is 268 cm³/mol. The van der Waals surface area contributed by atoms with Gasteiger partial charge in [0.1, 0.15) is 11.5 Å². The minimum atomic E-state index is -0.791. The largest absolute Gasteiger partial charge is 0.456 e. The van der Waals surface area contributed by atoms with Crippen molar-refractivity contribution in [3.8, 4) is 68.7 Å². The number of fused-ring (bicyclic) bond motifs is 15. The molecule has 0 saturated carbocycles. The zero-order valence-corrected chi connectivity index (χ0v) is 36.2. The summed E-state index contributed by atoms with van der Waals surface area (Å²) in [6.45, 7) is 0. The van der Waals surface area contributed by atoms with E-state index < -0.39 is 5.41 Å². The van der Waals surface area contributed by atoms with E-state index in [9.17, 15) is 10.5 Å². The van der Waals surface area contributed by atoms with Gasteiger partial charge in [0.2, 0.25) is 0 Å². The molecule has 1 aliphatic heterocycles. The van der Waals surface area contributed by atoms with Crippen LogP contribution in [0.1, 0.15) is 33.4 Å². The fraction of sp³-hybridized carbons (Fsp3) is 0.0164. The standard InChI is InChI=1S/C61H34N6O/c62-35-37-18-24-53-45(30-37)47-32-39(21-26-55(47)66(53)42-10-3-1-4-11-42)40-20-23-49-57(34-40)68-60-44(14-7-15-52(60)61(49)50-16-8-28-64-58(50)59-51(61)17-9-29-65-59)41-22-27-56-48(33-41)46-31-38(36-63)19-25-54(46)67(56)43-12-5-2-6-13-43/h1-34H. The molecule has 68 heavy (non-hydrogen) atoms. The molecule has 0 amide bonds. The average molecular weight is 867 g/mol. The van der Waals surface area contributed by atoms with Crippen LogP contribution in [0.25, 0.3) is 88.6 Å². The van der Waals surface area contributed by atoms with E-state index in [1.165, 1.54) is 0 Å². The van der Waals surface area contributed by atoms with Crippen molar-refractivity contribution in [3.63, 3.8) is 0 Å². The van der Waals surface area contributed by atoms with E-state index >= 15 is 0 Å². The predicted octanol–water partition coefficient (Wildman–Crippen LogP) is 14.2. The quantitative estimate of drug-likeness (QED) is 0.176. The van der Waals surface area contributed by atoms with Crippen molar-refractivity contribution in [3.05, 3.63) is 240 Å². The molecule has 7 nitrogen and oxygen atoms in total. The summed E-state index contributed by atoms with van der Waals surface area (Å²) in [6, 6.07) is 72.0. The Hall–Kier alpha value is -9.56. The van der Waals surface area contributed by atoms with E-state index in [2.05, 4.69) is 155 Å². The van der Waals surface area contributed by atoms with Gasteiger partial charge in [0.05, 0.1) is 62.1 Å². The number of rotatable bonds is 4. The van der Waals surface area contributed by atoms with Crippen molar-refractivity contribution in [1.29, 1.82) is 10.5 Å². The molecule has 0 bridgehead atoms. The van der Waals surface area contributed by atoms with Gasteiger partial charge in [-0.25, -0.2) is 0 Å². The lowest BCUT2D eigenvalue weighted by molar-refractivity contribution is 0.438. The first-order chi connectivity index (χ1) is 33.6. The number of aromatic nitrogens is 4. The highest BCUT2D eigenvalue weighted by atomic mass is 16.5. The molecule has 0 radical (unpaired) electrons. The highest BCUT2D eigenvalue weighted by Gasteiger charge is 2.53. The van der Waals surface area contributed by atoms with E-state index in [4.69, 9.17) is 14.7 Å². The maximum absolute atomic E-state index is 10.0. The number of nitrogens with zero attached hydrogens (tertiary/aromatic N) is 6. The second-order valence-electron chi connectivity index (χ2n) is 17.5. The molecule has 0 saturated heterocycles. The monoisotopic (exact) mass is 866 g/mol. The van der Waals surface area contributed by atoms with Crippen LogP contribution in [0.15, 0.2) is 207 Å². The van der Waals surface area contributed by atoms with Crippen LogP contribution in [0.2, 0.25) is 0 Å². The van der Waals surface area contributed by atoms with E-state index in [0.717, 1.165) is 122 Å². The molecular weight excluding hydrogens is 833 g/mol. The van der Waals surface area contributed by atoms with Gasteiger partial charge in [-0.3, -0.25) is 9.97 Å². The number of benzene rings is 8. The average Bonchev–Trinajstić information content (AvgIpc) is 4.02. The second kappa shape index (κ2) is 14.2. The lowest BCUT2D eigenvalue weighted by Gasteiger charge is -2.39. The van der Waals surface area contributed by atoms with Crippen LogP contribution < -0.4 is 4.74 Å². The molecule has 0 unspecified atom stereocenters. The summed E-state index contributed by atoms with van der Waals surface area (Å²) in [5.41, 5.74) is 16.5. The lowest BCUT2D eigenvalue weighted by atomic mass is 9.65. The van der Waals surface area contributed by atoms with Crippen LogP contribution in [0, 0.1) is 22.7 Å². The highest BCUT2D eigenvalue weighted by Crippen LogP contribution is 2.63. The van der Waals surface area contributed by atoms with Gasteiger partial charge in [0.25, 0.3) is 0 Å². The number of pyridine rings is 2. The maximum atomic E-state index is 10.0. The van der Waals surface area contributed by atoms with Gasteiger partial charge in [-0.2, -0.15) is 10.5 Å². The molecule has 0 atom stereocenters. The van der Waals surface area contributed by atoms with E-state index in [1.807, 2.05) is 73.1 Å². The fourth-order valence-electron chi connectivity index (χ4n) is 11.3. The van der Waals surface area contributed by atoms with Crippen molar-refractivity contribution >= 4 is 43.6 Å². The Balaban J connectivity index is 1.00. The van der Waals surface area contributed by atoms with Crippen LogP contribution in [-0.2, 0) is 5.41 Å². The zero-order chi connectivity index (χ0) is 45.1. The molecule has 1 aliphatic carbocycles. The summed E-state index contributed by atoms with van der Waals surface area (Å²) in [7, 11) is 0. The Morgan fingerprint density at radius 1 is 0.412 bits per heavy atom. The summed E-state index contributed by atoms with van der Waals surface area (Å²) in [5.74, 6) is 1.51. The topological polar surface area (TPSA) is 92.4 Å². The molecule has 5 heterocycles. The van der Waals surface area contributed by atoms with Gasteiger partial charge >= 0.3 is 0 Å². The number of hydrogen-bond donors (Lipinski definition) is 0. The Morgan fingerprint density at radius 2 is 0.897 bits per heavy atom. The Kier molecular flexibility index (Phi) is 7.90. The molecular formula is C61H34N6O. The van der Waals surface area contributed by atoms with Crippen LogP contribution in [-0.4, -0.2) is 19.1 Å². The first kappa shape index (κ1) is 37.8. The van der Waals surface area contributed by atoms with Gasteiger partial charge in [-0.1, -0.05) is 91.0 Å². The minimum Gasteiger partial charge on any atom is -0.456 e. The van der Waals surface area contributed by atoms with Gasteiger partial charge in [0, 0.05) is 62.0 Å². The molecule has 8 aromatic carbocycles. The van der Waals surface area contributed by atoms with E-state index in [0.29, 0.717) is 11.1 Å². The third-order valence-electron chi connectivity index (χ3n) is 14.1. The Morgan fingerprint density at radius 3 is 1.47 bits per heavy atom. The van der Waals surface area contributed by atoms with Gasteiger partial charge < -0.3 is 13.9 Å². The lowest BCUT2D eigenvalue weighted by Crippen LogP contribution is -2.32. The van der Waals surface area contributed by atoms with Crippen LogP contribution >= 0.6 is 0 Å². The van der Waals surface area contributed by atoms with Crippen molar-refractivity contribution in [2.75, 3.05) is 0 Å². The van der Waals surface area contributed by atoms with Gasteiger partial charge in [0.15, 0.2) is 0 Å². The van der Waals surface area contributed by atoms with Crippen LogP contribution in [0.4, 0.5) is 0 Å². The summed E-state index contributed by atoms with van der Waals surface area (Å²) >= 11 is 0. The third kappa shape index (κ3) is 5.16. The summed E-state index contributed by atoms with van der Waals surface area (Å²) in [4.78, 5) is 9.97. The number of hydrogen-bond acceptors (Lipinski definition) is 5.